The Kier molecular flexibility index (Phi) is 2.71. The van der Waals surface area contributed by atoms with Crippen LogP contribution in [0.5, 0.6) is 5.88 Å². The summed E-state index contributed by atoms with van der Waals surface area (Å²) in [5, 5.41) is 0.00778. The van der Waals surface area contributed by atoms with Crippen LogP contribution >= 0.6 is 11.6 Å². The standard InChI is InChI=1S/C8H10ClNO/c1-6(9)7-3-4-8(11-2)10-5-7/h3-6H,1-2H3. The van der Waals surface area contributed by atoms with E-state index in [2.05, 4.69) is 4.98 Å². The van der Waals surface area contributed by atoms with Gasteiger partial charge >= 0.3 is 0 Å². The van der Waals surface area contributed by atoms with Crippen LogP contribution in [0.15, 0.2) is 18.3 Å². The lowest BCUT2D eigenvalue weighted by Crippen LogP contribution is -1.89. The van der Waals surface area contributed by atoms with Gasteiger partial charge in [-0.05, 0) is 12.5 Å². The van der Waals surface area contributed by atoms with Crippen LogP contribution in [0.2, 0.25) is 0 Å². The second-order valence-electron chi connectivity index (χ2n) is 2.25. The molecule has 0 aliphatic heterocycles. The van der Waals surface area contributed by atoms with E-state index < -0.39 is 0 Å². The summed E-state index contributed by atoms with van der Waals surface area (Å²) in [6, 6.07) is 3.71. The molecule has 0 amide bonds. The lowest BCUT2D eigenvalue weighted by atomic mass is 10.2. The quantitative estimate of drug-likeness (QED) is 0.638. The van der Waals surface area contributed by atoms with E-state index in [9.17, 15) is 0 Å². The van der Waals surface area contributed by atoms with E-state index in [0.29, 0.717) is 5.88 Å². The zero-order valence-electron chi connectivity index (χ0n) is 6.54. The summed E-state index contributed by atoms with van der Waals surface area (Å²) < 4.78 is 4.89. The molecule has 0 fully saturated rings. The molecule has 60 valence electrons. The molecule has 1 heterocycles. The third kappa shape index (κ3) is 2.09. The molecule has 0 N–H and O–H groups in total. The van der Waals surface area contributed by atoms with Crippen LogP contribution < -0.4 is 4.74 Å². The average molecular weight is 172 g/mol. The van der Waals surface area contributed by atoms with Gasteiger partial charge in [0.1, 0.15) is 0 Å². The molecule has 0 spiro atoms. The SMILES string of the molecule is COc1ccc(C(C)Cl)cn1. The molecule has 3 heteroatoms. The van der Waals surface area contributed by atoms with Gasteiger partial charge in [0.25, 0.3) is 0 Å². The maximum Gasteiger partial charge on any atom is 0.212 e. The highest BCUT2D eigenvalue weighted by molar-refractivity contribution is 6.20. The molecule has 0 aromatic carbocycles. The van der Waals surface area contributed by atoms with Crippen molar-refractivity contribution >= 4 is 11.6 Å². The van der Waals surface area contributed by atoms with Crippen LogP contribution in [0.1, 0.15) is 17.9 Å². The van der Waals surface area contributed by atoms with Crippen LogP contribution in [0.3, 0.4) is 0 Å². The predicted octanol–water partition coefficient (Wildman–Crippen LogP) is 2.39. The molecular weight excluding hydrogens is 162 g/mol. The van der Waals surface area contributed by atoms with E-state index in [1.54, 1.807) is 19.4 Å². The van der Waals surface area contributed by atoms with Gasteiger partial charge in [-0.2, -0.15) is 0 Å². The van der Waals surface area contributed by atoms with Crippen molar-refractivity contribution in [2.45, 2.75) is 12.3 Å². The van der Waals surface area contributed by atoms with E-state index >= 15 is 0 Å². The number of nitrogens with zero attached hydrogens (tertiary/aromatic N) is 1. The first kappa shape index (κ1) is 8.34. The Balaban J connectivity index is 2.83. The third-order valence-corrected chi connectivity index (χ3v) is 1.68. The molecule has 1 unspecified atom stereocenters. The topological polar surface area (TPSA) is 22.1 Å². The van der Waals surface area contributed by atoms with Crippen molar-refractivity contribution < 1.29 is 4.74 Å². The molecule has 0 aliphatic rings. The van der Waals surface area contributed by atoms with E-state index in [-0.39, 0.29) is 5.38 Å². The number of hydrogen-bond acceptors (Lipinski definition) is 2. The lowest BCUT2D eigenvalue weighted by molar-refractivity contribution is 0.397. The summed E-state index contributed by atoms with van der Waals surface area (Å²) in [6.07, 6.45) is 1.72. The number of halogens is 1. The molecule has 0 bridgehead atoms. The largest absolute Gasteiger partial charge is 0.481 e. The summed E-state index contributed by atoms with van der Waals surface area (Å²) in [5.74, 6) is 0.617. The van der Waals surface area contributed by atoms with Crippen LogP contribution in [-0.2, 0) is 0 Å². The van der Waals surface area contributed by atoms with Gasteiger partial charge < -0.3 is 4.74 Å². The number of rotatable bonds is 2. The van der Waals surface area contributed by atoms with Crippen LogP contribution in [-0.4, -0.2) is 12.1 Å². The minimum absolute atomic E-state index is 0.00778. The highest BCUT2D eigenvalue weighted by atomic mass is 35.5. The Labute approximate surface area is 71.2 Å². The first-order valence-corrected chi connectivity index (χ1v) is 3.81. The first-order chi connectivity index (χ1) is 5.24. The van der Waals surface area contributed by atoms with Crippen LogP contribution in [0.25, 0.3) is 0 Å². The second-order valence-corrected chi connectivity index (χ2v) is 2.90. The van der Waals surface area contributed by atoms with Crippen LogP contribution in [0, 0.1) is 0 Å². The lowest BCUT2D eigenvalue weighted by Gasteiger charge is -2.02. The van der Waals surface area contributed by atoms with Gasteiger partial charge in [0.2, 0.25) is 5.88 Å². The Bertz CT molecular complexity index is 220. The molecule has 1 aromatic rings. The van der Waals surface area contributed by atoms with E-state index in [4.69, 9.17) is 16.3 Å². The summed E-state index contributed by atoms with van der Waals surface area (Å²) in [5.41, 5.74) is 1.01. The Morgan fingerprint density at radius 2 is 2.27 bits per heavy atom. The summed E-state index contributed by atoms with van der Waals surface area (Å²) in [7, 11) is 1.59. The molecule has 0 saturated carbocycles. The zero-order chi connectivity index (χ0) is 8.27. The van der Waals surface area contributed by atoms with E-state index in [1.807, 2.05) is 13.0 Å². The normalized spacial score (nSPS) is 12.6. The zero-order valence-corrected chi connectivity index (χ0v) is 7.30. The van der Waals surface area contributed by atoms with Crippen molar-refractivity contribution in [3.8, 4) is 5.88 Å². The van der Waals surface area contributed by atoms with Crippen molar-refractivity contribution in [1.82, 2.24) is 4.98 Å². The molecule has 1 aromatic heterocycles. The second kappa shape index (κ2) is 3.58. The number of methoxy groups -OCH3 is 1. The Hall–Kier alpha value is -0.760. The molecule has 0 radical (unpaired) electrons. The van der Waals surface area contributed by atoms with Gasteiger partial charge in [-0.3, -0.25) is 0 Å². The Morgan fingerprint density at radius 1 is 1.55 bits per heavy atom. The fourth-order valence-corrected chi connectivity index (χ4v) is 0.877. The number of alkyl halides is 1. The maximum absolute atomic E-state index is 5.82. The summed E-state index contributed by atoms with van der Waals surface area (Å²) in [6.45, 7) is 1.91. The number of hydrogen-bond donors (Lipinski definition) is 0. The molecule has 2 nitrogen and oxygen atoms in total. The average Bonchev–Trinajstić information content (AvgIpc) is 2.05. The van der Waals surface area contributed by atoms with Gasteiger partial charge in [0, 0.05) is 12.3 Å². The van der Waals surface area contributed by atoms with Gasteiger partial charge in [0.15, 0.2) is 0 Å². The Morgan fingerprint density at radius 3 is 2.64 bits per heavy atom. The van der Waals surface area contributed by atoms with Crippen molar-refractivity contribution in [2.24, 2.45) is 0 Å². The first-order valence-electron chi connectivity index (χ1n) is 3.38. The summed E-state index contributed by atoms with van der Waals surface area (Å²) in [4.78, 5) is 4.01. The van der Waals surface area contributed by atoms with Gasteiger partial charge in [-0.1, -0.05) is 6.07 Å². The van der Waals surface area contributed by atoms with Crippen LogP contribution in [0.4, 0.5) is 0 Å². The fraction of sp³-hybridized carbons (Fsp3) is 0.375. The minimum Gasteiger partial charge on any atom is -0.481 e. The summed E-state index contributed by atoms with van der Waals surface area (Å²) >= 11 is 5.82. The van der Waals surface area contributed by atoms with Gasteiger partial charge in [-0.15, -0.1) is 11.6 Å². The monoisotopic (exact) mass is 171 g/mol. The molecule has 11 heavy (non-hydrogen) atoms. The fourth-order valence-electron chi connectivity index (χ4n) is 0.748. The number of pyridine rings is 1. The van der Waals surface area contributed by atoms with Gasteiger partial charge in [0.05, 0.1) is 12.5 Å². The highest BCUT2D eigenvalue weighted by Gasteiger charge is 2.00. The molecule has 1 atom stereocenters. The van der Waals surface area contributed by atoms with Gasteiger partial charge in [-0.25, -0.2) is 4.98 Å². The maximum atomic E-state index is 5.82. The third-order valence-electron chi connectivity index (χ3n) is 1.43. The van der Waals surface area contributed by atoms with E-state index in [0.717, 1.165) is 5.56 Å². The van der Waals surface area contributed by atoms with Crippen molar-refractivity contribution in [2.75, 3.05) is 7.11 Å². The molecule has 0 saturated heterocycles. The van der Waals surface area contributed by atoms with Crippen molar-refractivity contribution in [3.05, 3.63) is 23.9 Å². The van der Waals surface area contributed by atoms with E-state index in [1.165, 1.54) is 0 Å². The highest BCUT2D eigenvalue weighted by Crippen LogP contribution is 2.19. The minimum atomic E-state index is 0.00778. The predicted molar refractivity (Wildman–Crippen MR) is 45.1 cm³/mol. The smallest absolute Gasteiger partial charge is 0.212 e. The number of ether oxygens (including phenoxy) is 1. The van der Waals surface area contributed by atoms with Crippen molar-refractivity contribution in [1.29, 1.82) is 0 Å². The number of aromatic nitrogens is 1. The molecular formula is C8H10ClNO. The molecule has 1 rings (SSSR count). The van der Waals surface area contributed by atoms with Crippen molar-refractivity contribution in [3.63, 3.8) is 0 Å². The molecule has 0 aliphatic carbocycles.